The first-order valence-electron chi connectivity index (χ1n) is 6.70. The smallest absolute Gasteiger partial charge is 0.224 e. The van der Waals surface area contributed by atoms with E-state index in [-0.39, 0.29) is 30.3 Å². The molecular formula is C17H16FNO2. The maximum Gasteiger partial charge on any atom is 0.224 e. The quantitative estimate of drug-likeness (QED) is 0.851. The van der Waals surface area contributed by atoms with Crippen LogP contribution in [-0.4, -0.2) is 11.7 Å². The summed E-state index contributed by atoms with van der Waals surface area (Å²) in [6.07, 6.45) is 0.251. The number of carbonyl (C=O) groups excluding carboxylic acids is 2. The molecule has 3 nitrogen and oxygen atoms in total. The Hall–Kier alpha value is -2.49. The number of halogens is 1. The molecule has 0 saturated carbocycles. The van der Waals surface area contributed by atoms with Crippen molar-refractivity contribution in [2.45, 2.75) is 19.8 Å². The van der Waals surface area contributed by atoms with Gasteiger partial charge in [0, 0.05) is 24.1 Å². The topological polar surface area (TPSA) is 46.2 Å². The third kappa shape index (κ3) is 4.24. The van der Waals surface area contributed by atoms with E-state index < -0.39 is 0 Å². The van der Waals surface area contributed by atoms with Gasteiger partial charge in [0.05, 0.1) is 0 Å². The van der Waals surface area contributed by atoms with E-state index in [0.717, 1.165) is 0 Å². The Labute approximate surface area is 122 Å². The summed E-state index contributed by atoms with van der Waals surface area (Å²) < 4.78 is 13.0. The van der Waals surface area contributed by atoms with Crippen LogP contribution in [0.3, 0.4) is 0 Å². The Kier molecular flexibility index (Phi) is 4.82. The zero-order valence-corrected chi connectivity index (χ0v) is 11.7. The normalized spacial score (nSPS) is 10.2. The first-order valence-corrected chi connectivity index (χ1v) is 6.70. The Balaban J connectivity index is 1.89. The Bertz CT molecular complexity index is 653. The van der Waals surface area contributed by atoms with Crippen LogP contribution in [0.1, 0.15) is 28.8 Å². The molecule has 0 fully saturated rings. The summed E-state index contributed by atoms with van der Waals surface area (Å²) in [6.45, 7) is 1.72. The molecule has 0 atom stereocenters. The van der Waals surface area contributed by atoms with Crippen LogP contribution >= 0.6 is 0 Å². The van der Waals surface area contributed by atoms with E-state index in [1.807, 2.05) is 6.07 Å². The zero-order valence-electron chi connectivity index (χ0n) is 11.7. The number of carbonyl (C=O) groups is 2. The molecule has 0 bridgehead atoms. The van der Waals surface area contributed by atoms with Gasteiger partial charge in [-0.2, -0.15) is 0 Å². The van der Waals surface area contributed by atoms with E-state index in [1.165, 1.54) is 18.2 Å². The first kappa shape index (κ1) is 14.9. The van der Waals surface area contributed by atoms with Gasteiger partial charge < -0.3 is 5.32 Å². The minimum absolute atomic E-state index is 0.0680. The molecule has 21 heavy (non-hydrogen) atoms. The van der Waals surface area contributed by atoms with Crippen LogP contribution in [0.4, 0.5) is 10.1 Å². The second kappa shape index (κ2) is 6.79. The van der Waals surface area contributed by atoms with E-state index in [0.29, 0.717) is 16.8 Å². The predicted octanol–water partition coefficient (Wildman–Crippen LogP) is 3.74. The number of anilines is 1. The summed E-state index contributed by atoms with van der Waals surface area (Å²) in [5.41, 5.74) is 1.81. The van der Waals surface area contributed by atoms with Crippen molar-refractivity contribution >= 4 is 17.4 Å². The van der Waals surface area contributed by atoms with Crippen LogP contribution < -0.4 is 5.32 Å². The Morgan fingerprint density at radius 1 is 1.05 bits per heavy atom. The highest BCUT2D eigenvalue weighted by Crippen LogP contribution is 2.16. The van der Waals surface area contributed by atoms with Crippen LogP contribution in [0, 0.1) is 12.7 Å². The number of amides is 1. The number of ketones is 1. The van der Waals surface area contributed by atoms with Gasteiger partial charge in [0.1, 0.15) is 5.82 Å². The lowest BCUT2D eigenvalue weighted by Gasteiger charge is -2.08. The molecule has 0 aliphatic rings. The van der Waals surface area contributed by atoms with Crippen LogP contribution in [0.2, 0.25) is 0 Å². The first-order chi connectivity index (χ1) is 10.1. The Morgan fingerprint density at radius 2 is 1.76 bits per heavy atom. The van der Waals surface area contributed by atoms with Gasteiger partial charge in [-0.15, -0.1) is 0 Å². The maximum absolute atomic E-state index is 13.0. The van der Waals surface area contributed by atoms with Crippen molar-refractivity contribution in [3.8, 4) is 0 Å². The van der Waals surface area contributed by atoms with Crippen molar-refractivity contribution in [2.75, 3.05) is 5.32 Å². The molecule has 1 N–H and O–H groups in total. The van der Waals surface area contributed by atoms with E-state index in [9.17, 15) is 14.0 Å². The summed E-state index contributed by atoms with van der Waals surface area (Å²) in [5.74, 6) is -0.666. The van der Waals surface area contributed by atoms with Crippen LogP contribution in [0.5, 0.6) is 0 Å². The molecule has 4 heteroatoms. The van der Waals surface area contributed by atoms with E-state index >= 15 is 0 Å². The van der Waals surface area contributed by atoms with E-state index in [4.69, 9.17) is 0 Å². The molecule has 0 spiro atoms. The average molecular weight is 285 g/mol. The molecule has 0 aromatic heterocycles. The molecular weight excluding hydrogens is 269 g/mol. The van der Waals surface area contributed by atoms with Crippen LogP contribution in [-0.2, 0) is 4.79 Å². The molecule has 0 heterocycles. The summed E-state index contributed by atoms with van der Waals surface area (Å²) >= 11 is 0. The highest BCUT2D eigenvalue weighted by Gasteiger charge is 2.10. The molecule has 1 amide bonds. The molecule has 0 unspecified atom stereocenters. The van der Waals surface area contributed by atoms with Crippen molar-refractivity contribution in [2.24, 2.45) is 0 Å². The number of benzene rings is 2. The number of Topliss-reactive ketones (excluding diaryl/α,β-unsaturated/α-hetero) is 1. The summed E-state index contributed by atoms with van der Waals surface area (Å²) in [4.78, 5) is 23.7. The largest absolute Gasteiger partial charge is 0.326 e. The molecule has 108 valence electrons. The predicted molar refractivity (Wildman–Crippen MR) is 79.8 cm³/mol. The minimum atomic E-state index is -0.343. The third-order valence-corrected chi connectivity index (χ3v) is 3.14. The SMILES string of the molecule is Cc1cc(F)ccc1NC(=O)CCC(=O)c1ccccc1. The highest BCUT2D eigenvalue weighted by molar-refractivity contribution is 6.00. The number of hydrogen-bond donors (Lipinski definition) is 1. The van der Waals surface area contributed by atoms with Crippen molar-refractivity contribution in [1.82, 2.24) is 0 Å². The van der Waals surface area contributed by atoms with Crippen molar-refractivity contribution in [3.05, 3.63) is 65.5 Å². The fraction of sp³-hybridized carbons (Fsp3) is 0.176. The second-order valence-electron chi connectivity index (χ2n) is 4.80. The number of aryl methyl sites for hydroxylation is 1. The number of hydrogen-bond acceptors (Lipinski definition) is 2. The van der Waals surface area contributed by atoms with Gasteiger partial charge in [-0.25, -0.2) is 4.39 Å². The fourth-order valence-corrected chi connectivity index (χ4v) is 1.98. The highest BCUT2D eigenvalue weighted by atomic mass is 19.1. The third-order valence-electron chi connectivity index (χ3n) is 3.14. The maximum atomic E-state index is 13.0. The molecule has 2 rings (SSSR count). The number of rotatable bonds is 5. The van der Waals surface area contributed by atoms with E-state index in [1.54, 1.807) is 31.2 Å². The van der Waals surface area contributed by atoms with E-state index in [2.05, 4.69) is 5.32 Å². The van der Waals surface area contributed by atoms with Gasteiger partial charge in [0.25, 0.3) is 0 Å². The second-order valence-corrected chi connectivity index (χ2v) is 4.80. The molecule has 0 radical (unpaired) electrons. The molecule has 0 aliphatic heterocycles. The van der Waals surface area contributed by atoms with Crippen LogP contribution in [0.25, 0.3) is 0 Å². The molecule has 0 saturated heterocycles. The van der Waals surface area contributed by atoms with Gasteiger partial charge >= 0.3 is 0 Å². The summed E-state index contributed by atoms with van der Waals surface area (Å²) in [6, 6.07) is 13.0. The van der Waals surface area contributed by atoms with Gasteiger partial charge in [0.2, 0.25) is 5.91 Å². The lowest BCUT2D eigenvalue weighted by molar-refractivity contribution is -0.116. The zero-order chi connectivity index (χ0) is 15.2. The summed E-state index contributed by atoms with van der Waals surface area (Å²) in [7, 11) is 0. The molecule has 0 aliphatic carbocycles. The van der Waals surface area contributed by atoms with Crippen molar-refractivity contribution in [3.63, 3.8) is 0 Å². The van der Waals surface area contributed by atoms with Crippen LogP contribution in [0.15, 0.2) is 48.5 Å². The van der Waals surface area contributed by atoms with Gasteiger partial charge in [0.15, 0.2) is 5.78 Å². The lowest BCUT2D eigenvalue weighted by atomic mass is 10.1. The standard InChI is InChI=1S/C17H16FNO2/c1-12-11-14(18)7-8-15(12)19-17(21)10-9-16(20)13-5-3-2-4-6-13/h2-8,11H,9-10H2,1H3,(H,19,21). The number of nitrogens with one attached hydrogen (secondary N) is 1. The van der Waals surface area contributed by atoms with Gasteiger partial charge in [-0.1, -0.05) is 30.3 Å². The minimum Gasteiger partial charge on any atom is -0.326 e. The Morgan fingerprint density at radius 3 is 2.43 bits per heavy atom. The lowest BCUT2D eigenvalue weighted by Crippen LogP contribution is -2.14. The molecule has 2 aromatic rings. The fourth-order valence-electron chi connectivity index (χ4n) is 1.98. The van der Waals surface area contributed by atoms with Gasteiger partial charge in [-0.3, -0.25) is 9.59 Å². The van der Waals surface area contributed by atoms with Gasteiger partial charge in [-0.05, 0) is 30.7 Å². The summed E-state index contributed by atoms with van der Waals surface area (Å²) in [5, 5.41) is 2.69. The van der Waals surface area contributed by atoms with Crippen molar-refractivity contribution in [1.29, 1.82) is 0 Å². The molecule has 2 aromatic carbocycles. The monoisotopic (exact) mass is 285 g/mol. The van der Waals surface area contributed by atoms with Crippen molar-refractivity contribution < 1.29 is 14.0 Å². The average Bonchev–Trinajstić information content (AvgIpc) is 2.48.